The number of benzene rings is 1. The molecule has 0 radical (unpaired) electrons. The first kappa shape index (κ1) is 15.4. The molecule has 23 heavy (non-hydrogen) atoms. The summed E-state index contributed by atoms with van der Waals surface area (Å²) in [5.41, 5.74) is 3.88. The number of nitrogens with one attached hydrogen (secondary N) is 1. The molecule has 2 heterocycles. The summed E-state index contributed by atoms with van der Waals surface area (Å²) in [6, 6.07) is 9.62. The van der Waals surface area contributed by atoms with E-state index in [1.807, 2.05) is 38.2 Å². The minimum atomic E-state index is 0.0561. The van der Waals surface area contributed by atoms with Gasteiger partial charge in [-0.05, 0) is 39.1 Å². The molecule has 1 unspecified atom stereocenters. The standard InChI is InChI=1S/C18H20N4O/c1-12-4-5-17-15(8-12)18(23)9-14(21-17)10-22(3)13(2)16-6-7-19-11-20-16/h4-9,11,13H,10H2,1-3H3,(H,21,23). The van der Waals surface area contributed by atoms with Gasteiger partial charge in [0.15, 0.2) is 5.43 Å². The van der Waals surface area contributed by atoms with Gasteiger partial charge in [0.1, 0.15) is 6.33 Å². The number of rotatable bonds is 4. The minimum Gasteiger partial charge on any atom is -0.357 e. The Bertz CT molecular complexity index is 873. The molecule has 0 aliphatic heterocycles. The van der Waals surface area contributed by atoms with Crippen molar-refractivity contribution in [2.45, 2.75) is 26.4 Å². The van der Waals surface area contributed by atoms with Crippen LogP contribution in [0.5, 0.6) is 0 Å². The van der Waals surface area contributed by atoms with Crippen LogP contribution in [0.25, 0.3) is 10.9 Å². The number of pyridine rings is 1. The Balaban J connectivity index is 1.86. The second-order valence-electron chi connectivity index (χ2n) is 5.93. The van der Waals surface area contributed by atoms with E-state index >= 15 is 0 Å². The van der Waals surface area contributed by atoms with Gasteiger partial charge in [0.05, 0.1) is 5.69 Å². The molecule has 3 rings (SSSR count). The van der Waals surface area contributed by atoms with E-state index in [2.05, 4.69) is 26.8 Å². The van der Waals surface area contributed by atoms with Crippen LogP contribution in [0.2, 0.25) is 0 Å². The van der Waals surface area contributed by atoms with E-state index in [4.69, 9.17) is 0 Å². The highest BCUT2D eigenvalue weighted by Gasteiger charge is 2.14. The SMILES string of the molecule is Cc1ccc2[nH]c(CN(C)C(C)c3ccncn3)cc(=O)c2c1. The van der Waals surface area contributed by atoms with Gasteiger partial charge in [-0.25, -0.2) is 9.97 Å². The molecule has 0 spiro atoms. The van der Waals surface area contributed by atoms with Crippen LogP contribution in [0, 0.1) is 6.92 Å². The van der Waals surface area contributed by atoms with Crippen molar-refractivity contribution in [1.82, 2.24) is 19.9 Å². The number of fused-ring (bicyclic) bond motifs is 1. The summed E-state index contributed by atoms with van der Waals surface area (Å²) in [5, 5.41) is 0.736. The Morgan fingerprint density at radius 3 is 2.83 bits per heavy atom. The van der Waals surface area contributed by atoms with Gasteiger partial charge in [-0.1, -0.05) is 11.6 Å². The zero-order valence-corrected chi connectivity index (χ0v) is 13.6. The van der Waals surface area contributed by atoms with Gasteiger partial charge in [-0.3, -0.25) is 9.69 Å². The van der Waals surface area contributed by atoms with Crippen molar-refractivity contribution in [3.05, 3.63) is 70.0 Å². The molecule has 0 bridgehead atoms. The molecular formula is C18H20N4O. The summed E-state index contributed by atoms with van der Waals surface area (Å²) >= 11 is 0. The lowest BCUT2D eigenvalue weighted by Gasteiger charge is -2.24. The predicted molar refractivity (Wildman–Crippen MR) is 91.2 cm³/mol. The Labute approximate surface area is 135 Å². The summed E-state index contributed by atoms with van der Waals surface area (Å²) in [4.78, 5) is 26.1. The first-order valence-electron chi connectivity index (χ1n) is 7.63. The minimum absolute atomic E-state index is 0.0561. The molecule has 0 aliphatic carbocycles. The van der Waals surface area contributed by atoms with Crippen molar-refractivity contribution >= 4 is 10.9 Å². The predicted octanol–water partition coefficient (Wildman–Crippen LogP) is 2.82. The normalized spacial score (nSPS) is 12.7. The highest BCUT2D eigenvalue weighted by molar-refractivity contribution is 5.79. The van der Waals surface area contributed by atoms with E-state index < -0.39 is 0 Å². The van der Waals surface area contributed by atoms with Crippen LogP contribution in [-0.4, -0.2) is 26.9 Å². The van der Waals surface area contributed by atoms with E-state index in [1.54, 1.807) is 18.6 Å². The second kappa shape index (κ2) is 6.30. The van der Waals surface area contributed by atoms with E-state index in [-0.39, 0.29) is 11.5 Å². The summed E-state index contributed by atoms with van der Waals surface area (Å²) in [5.74, 6) is 0. The maximum absolute atomic E-state index is 12.3. The molecule has 118 valence electrons. The topological polar surface area (TPSA) is 61.9 Å². The zero-order chi connectivity index (χ0) is 16.4. The molecule has 2 aromatic heterocycles. The molecule has 5 nitrogen and oxygen atoms in total. The first-order chi connectivity index (χ1) is 11.0. The lowest BCUT2D eigenvalue weighted by atomic mass is 10.1. The zero-order valence-electron chi connectivity index (χ0n) is 13.6. The maximum Gasteiger partial charge on any atom is 0.189 e. The van der Waals surface area contributed by atoms with Crippen LogP contribution in [0.4, 0.5) is 0 Å². The summed E-state index contributed by atoms with van der Waals surface area (Å²) in [6.45, 7) is 4.72. The van der Waals surface area contributed by atoms with Gasteiger partial charge in [-0.2, -0.15) is 0 Å². The molecule has 0 aliphatic rings. The van der Waals surface area contributed by atoms with Crippen molar-refractivity contribution in [2.24, 2.45) is 0 Å². The number of nitrogens with zero attached hydrogens (tertiary/aromatic N) is 3. The number of aryl methyl sites for hydroxylation is 1. The number of H-pyrrole nitrogens is 1. The summed E-state index contributed by atoms with van der Waals surface area (Å²) in [7, 11) is 2.02. The largest absolute Gasteiger partial charge is 0.357 e. The van der Waals surface area contributed by atoms with Crippen molar-refractivity contribution < 1.29 is 0 Å². The Hall–Kier alpha value is -2.53. The fourth-order valence-corrected chi connectivity index (χ4v) is 2.68. The molecule has 0 amide bonds. The van der Waals surface area contributed by atoms with E-state index in [9.17, 15) is 4.79 Å². The van der Waals surface area contributed by atoms with Crippen LogP contribution >= 0.6 is 0 Å². The molecule has 0 saturated carbocycles. The smallest absolute Gasteiger partial charge is 0.189 e. The number of hydrogen-bond donors (Lipinski definition) is 1. The maximum atomic E-state index is 12.3. The quantitative estimate of drug-likeness (QED) is 0.805. The van der Waals surface area contributed by atoms with E-state index in [1.165, 1.54) is 0 Å². The fourth-order valence-electron chi connectivity index (χ4n) is 2.68. The average molecular weight is 308 g/mol. The molecule has 1 atom stereocenters. The molecule has 1 N–H and O–H groups in total. The number of aromatic amines is 1. The average Bonchev–Trinajstić information content (AvgIpc) is 2.55. The van der Waals surface area contributed by atoms with Gasteiger partial charge in [0.25, 0.3) is 0 Å². The molecular weight excluding hydrogens is 288 g/mol. The highest BCUT2D eigenvalue weighted by atomic mass is 16.1. The molecule has 3 aromatic rings. The van der Waals surface area contributed by atoms with Crippen molar-refractivity contribution in [1.29, 1.82) is 0 Å². The Morgan fingerprint density at radius 1 is 1.26 bits per heavy atom. The van der Waals surface area contributed by atoms with Gasteiger partial charge < -0.3 is 4.98 Å². The van der Waals surface area contributed by atoms with Gasteiger partial charge >= 0.3 is 0 Å². The van der Waals surface area contributed by atoms with Gasteiger partial charge in [0, 0.05) is 41.4 Å². The van der Waals surface area contributed by atoms with Crippen LogP contribution < -0.4 is 5.43 Å². The highest BCUT2D eigenvalue weighted by Crippen LogP contribution is 2.18. The van der Waals surface area contributed by atoms with Gasteiger partial charge in [0.2, 0.25) is 0 Å². The van der Waals surface area contributed by atoms with Crippen molar-refractivity contribution in [3.63, 3.8) is 0 Å². The third-order valence-corrected chi connectivity index (χ3v) is 4.15. The Morgan fingerprint density at radius 2 is 2.09 bits per heavy atom. The lowest BCUT2D eigenvalue weighted by molar-refractivity contribution is 0.246. The van der Waals surface area contributed by atoms with Crippen molar-refractivity contribution in [2.75, 3.05) is 7.05 Å². The molecule has 5 heteroatoms. The van der Waals surface area contributed by atoms with Crippen LogP contribution in [0.15, 0.2) is 47.7 Å². The number of hydrogen-bond acceptors (Lipinski definition) is 4. The van der Waals surface area contributed by atoms with Crippen LogP contribution in [0.1, 0.15) is 29.9 Å². The van der Waals surface area contributed by atoms with E-state index in [0.717, 1.165) is 27.9 Å². The van der Waals surface area contributed by atoms with Crippen molar-refractivity contribution in [3.8, 4) is 0 Å². The third kappa shape index (κ3) is 3.29. The van der Waals surface area contributed by atoms with E-state index in [0.29, 0.717) is 6.54 Å². The van der Waals surface area contributed by atoms with Crippen LogP contribution in [0.3, 0.4) is 0 Å². The molecule has 0 fully saturated rings. The second-order valence-corrected chi connectivity index (χ2v) is 5.93. The van der Waals surface area contributed by atoms with Gasteiger partial charge in [-0.15, -0.1) is 0 Å². The monoisotopic (exact) mass is 308 g/mol. The first-order valence-corrected chi connectivity index (χ1v) is 7.63. The lowest BCUT2D eigenvalue weighted by Crippen LogP contribution is -2.24. The number of aromatic nitrogens is 3. The summed E-state index contributed by atoms with van der Waals surface area (Å²) in [6.07, 6.45) is 3.30. The van der Waals surface area contributed by atoms with Crippen LogP contribution in [-0.2, 0) is 6.54 Å². The molecule has 0 saturated heterocycles. The Kier molecular flexibility index (Phi) is 4.21. The molecule has 1 aromatic carbocycles. The third-order valence-electron chi connectivity index (χ3n) is 4.15. The fraction of sp³-hybridized carbons (Fsp3) is 0.278. The summed E-state index contributed by atoms with van der Waals surface area (Å²) < 4.78 is 0.